The van der Waals surface area contributed by atoms with Crippen LogP contribution in [0.5, 0.6) is 0 Å². The van der Waals surface area contributed by atoms with E-state index < -0.39 is 0 Å². The molecule has 0 aliphatic heterocycles. The lowest BCUT2D eigenvalue weighted by Gasteiger charge is -2.26. The predicted octanol–water partition coefficient (Wildman–Crippen LogP) is 2.34. The van der Waals surface area contributed by atoms with Crippen LogP contribution < -0.4 is 5.73 Å². The zero-order valence-electron chi connectivity index (χ0n) is 10.0. The van der Waals surface area contributed by atoms with E-state index in [9.17, 15) is 0 Å². The lowest BCUT2D eigenvalue weighted by Crippen LogP contribution is -2.25. The molecule has 0 heterocycles. The number of aryl methyl sites for hydroxylation is 1. The second-order valence-corrected chi connectivity index (χ2v) is 4.16. The summed E-state index contributed by atoms with van der Waals surface area (Å²) in [4.78, 5) is 2.36. The van der Waals surface area contributed by atoms with E-state index in [0.29, 0.717) is 6.04 Å². The van der Waals surface area contributed by atoms with Crippen LogP contribution in [0.15, 0.2) is 24.3 Å². The van der Waals surface area contributed by atoms with Gasteiger partial charge in [-0.05, 0) is 51.5 Å². The number of benzene rings is 1. The van der Waals surface area contributed by atoms with Gasteiger partial charge in [0, 0.05) is 6.04 Å². The van der Waals surface area contributed by atoms with Crippen molar-refractivity contribution in [3.63, 3.8) is 0 Å². The van der Waals surface area contributed by atoms with Crippen LogP contribution >= 0.6 is 0 Å². The monoisotopic (exact) mass is 206 g/mol. The summed E-state index contributed by atoms with van der Waals surface area (Å²) in [5.74, 6) is 0. The Morgan fingerprint density at radius 3 is 2.60 bits per heavy atom. The normalized spacial score (nSPS) is 13.1. The summed E-state index contributed by atoms with van der Waals surface area (Å²) in [6.07, 6.45) is 1.06. The average Bonchev–Trinajstić information content (AvgIpc) is 2.25. The molecule has 1 rings (SSSR count). The fourth-order valence-corrected chi connectivity index (χ4v) is 1.83. The highest BCUT2D eigenvalue weighted by molar-refractivity contribution is 5.28. The fourth-order valence-electron chi connectivity index (χ4n) is 1.83. The fraction of sp³-hybridized carbons (Fsp3) is 0.538. The van der Waals surface area contributed by atoms with Gasteiger partial charge in [-0.2, -0.15) is 0 Å². The second-order valence-electron chi connectivity index (χ2n) is 4.16. The van der Waals surface area contributed by atoms with E-state index in [1.165, 1.54) is 11.1 Å². The summed E-state index contributed by atoms with van der Waals surface area (Å²) in [7, 11) is 2.16. The third-order valence-electron chi connectivity index (χ3n) is 3.01. The zero-order valence-corrected chi connectivity index (χ0v) is 10.0. The molecule has 1 unspecified atom stereocenters. The largest absolute Gasteiger partial charge is 0.330 e. The molecule has 0 saturated heterocycles. The molecule has 0 aliphatic rings. The van der Waals surface area contributed by atoms with Gasteiger partial charge in [0.2, 0.25) is 0 Å². The van der Waals surface area contributed by atoms with E-state index in [2.05, 4.69) is 50.1 Å². The number of hydrogen-bond acceptors (Lipinski definition) is 2. The molecule has 2 nitrogen and oxygen atoms in total. The lowest BCUT2D eigenvalue weighted by molar-refractivity contribution is 0.259. The van der Waals surface area contributed by atoms with Crippen LogP contribution in [0.1, 0.15) is 30.5 Å². The molecule has 84 valence electrons. The Kier molecular flexibility index (Phi) is 4.79. The Morgan fingerprint density at radius 2 is 2.00 bits per heavy atom. The Balaban J connectivity index is 2.67. The lowest BCUT2D eigenvalue weighted by atomic mass is 10.0. The quantitative estimate of drug-likeness (QED) is 0.801. The van der Waals surface area contributed by atoms with Gasteiger partial charge in [0.1, 0.15) is 0 Å². The first-order chi connectivity index (χ1) is 7.16. The van der Waals surface area contributed by atoms with E-state index in [0.717, 1.165) is 19.5 Å². The molecule has 0 spiro atoms. The van der Waals surface area contributed by atoms with Gasteiger partial charge in [-0.3, -0.25) is 4.90 Å². The van der Waals surface area contributed by atoms with Crippen LogP contribution in [0, 0.1) is 6.92 Å². The minimum absolute atomic E-state index is 0.470. The maximum absolute atomic E-state index is 5.52. The van der Waals surface area contributed by atoms with Crippen molar-refractivity contribution in [2.24, 2.45) is 5.73 Å². The molecule has 1 atom stereocenters. The Hall–Kier alpha value is -0.860. The van der Waals surface area contributed by atoms with Gasteiger partial charge in [0.15, 0.2) is 0 Å². The molecule has 2 N–H and O–H groups in total. The highest BCUT2D eigenvalue weighted by atomic mass is 15.1. The Bertz CT molecular complexity index is 296. The van der Waals surface area contributed by atoms with Crippen LogP contribution in [0.4, 0.5) is 0 Å². The molecule has 0 amide bonds. The second kappa shape index (κ2) is 5.89. The number of nitrogens with zero attached hydrogens (tertiary/aromatic N) is 1. The molecule has 1 aromatic rings. The Labute approximate surface area is 93.1 Å². The van der Waals surface area contributed by atoms with E-state index >= 15 is 0 Å². The number of hydrogen-bond donors (Lipinski definition) is 1. The maximum atomic E-state index is 5.52. The van der Waals surface area contributed by atoms with Crippen LogP contribution in [0.3, 0.4) is 0 Å². The van der Waals surface area contributed by atoms with Crippen molar-refractivity contribution in [3.8, 4) is 0 Å². The van der Waals surface area contributed by atoms with Gasteiger partial charge in [-0.15, -0.1) is 0 Å². The molecule has 15 heavy (non-hydrogen) atoms. The summed E-state index contributed by atoms with van der Waals surface area (Å²) < 4.78 is 0. The third-order valence-corrected chi connectivity index (χ3v) is 3.01. The molecule has 0 aromatic heterocycles. The summed E-state index contributed by atoms with van der Waals surface area (Å²) in [5.41, 5.74) is 8.30. The van der Waals surface area contributed by atoms with Crippen molar-refractivity contribution in [3.05, 3.63) is 35.4 Å². The van der Waals surface area contributed by atoms with Crippen molar-refractivity contribution in [1.82, 2.24) is 4.90 Å². The summed E-state index contributed by atoms with van der Waals surface area (Å²) in [6.45, 7) is 6.25. The standard InChI is InChI=1S/C13H22N2/c1-11-7-4-5-8-13(11)12(2)15(3)10-6-9-14/h4-5,7-8,12H,6,9-10,14H2,1-3H3. The van der Waals surface area contributed by atoms with Gasteiger partial charge >= 0.3 is 0 Å². The maximum Gasteiger partial charge on any atom is 0.0319 e. The smallest absolute Gasteiger partial charge is 0.0319 e. The average molecular weight is 206 g/mol. The minimum Gasteiger partial charge on any atom is -0.330 e. The molecule has 0 saturated carbocycles. The van der Waals surface area contributed by atoms with Crippen molar-refractivity contribution < 1.29 is 0 Å². The van der Waals surface area contributed by atoms with Crippen LogP contribution in [0.25, 0.3) is 0 Å². The van der Waals surface area contributed by atoms with Gasteiger partial charge in [0.05, 0.1) is 0 Å². The summed E-state index contributed by atoms with van der Waals surface area (Å²) in [5, 5.41) is 0. The van der Waals surface area contributed by atoms with Crippen molar-refractivity contribution in [2.45, 2.75) is 26.3 Å². The van der Waals surface area contributed by atoms with Crippen molar-refractivity contribution in [1.29, 1.82) is 0 Å². The van der Waals surface area contributed by atoms with Crippen molar-refractivity contribution in [2.75, 3.05) is 20.1 Å². The summed E-state index contributed by atoms with van der Waals surface area (Å²) >= 11 is 0. The van der Waals surface area contributed by atoms with E-state index in [1.807, 2.05) is 0 Å². The minimum atomic E-state index is 0.470. The molecule has 0 aliphatic carbocycles. The molecule has 0 fully saturated rings. The van der Waals surface area contributed by atoms with Crippen LogP contribution in [-0.2, 0) is 0 Å². The molecule has 2 heteroatoms. The van der Waals surface area contributed by atoms with E-state index in [1.54, 1.807) is 0 Å². The molecule has 0 bridgehead atoms. The zero-order chi connectivity index (χ0) is 11.3. The third kappa shape index (κ3) is 3.33. The molecular weight excluding hydrogens is 184 g/mol. The predicted molar refractivity (Wildman–Crippen MR) is 65.9 cm³/mol. The van der Waals surface area contributed by atoms with E-state index in [4.69, 9.17) is 5.73 Å². The SMILES string of the molecule is Cc1ccccc1C(C)N(C)CCCN. The van der Waals surface area contributed by atoms with Crippen molar-refractivity contribution >= 4 is 0 Å². The number of nitrogens with two attached hydrogens (primary N) is 1. The molecular formula is C13H22N2. The first-order valence-corrected chi connectivity index (χ1v) is 5.62. The first kappa shape index (κ1) is 12.2. The summed E-state index contributed by atoms with van der Waals surface area (Å²) in [6, 6.07) is 9.04. The van der Waals surface area contributed by atoms with Crippen LogP contribution in [-0.4, -0.2) is 25.0 Å². The van der Waals surface area contributed by atoms with Gasteiger partial charge in [-0.1, -0.05) is 24.3 Å². The molecule has 1 aromatic carbocycles. The van der Waals surface area contributed by atoms with Gasteiger partial charge < -0.3 is 5.73 Å². The molecule has 0 radical (unpaired) electrons. The topological polar surface area (TPSA) is 29.3 Å². The highest BCUT2D eigenvalue weighted by Gasteiger charge is 2.12. The van der Waals surface area contributed by atoms with Crippen LogP contribution in [0.2, 0.25) is 0 Å². The van der Waals surface area contributed by atoms with Gasteiger partial charge in [0.25, 0.3) is 0 Å². The number of rotatable bonds is 5. The van der Waals surface area contributed by atoms with E-state index in [-0.39, 0.29) is 0 Å². The highest BCUT2D eigenvalue weighted by Crippen LogP contribution is 2.21. The Morgan fingerprint density at radius 1 is 1.33 bits per heavy atom. The first-order valence-electron chi connectivity index (χ1n) is 5.62. The van der Waals surface area contributed by atoms with Gasteiger partial charge in [-0.25, -0.2) is 0 Å².